The molecule has 15 heavy (non-hydrogen) atoms. The minimum atomic E-state index is 0.730. The zero-order valence-electron chi connectivity index (χ0n) is 8.72. The van der Waals surface area contributed by atoms with E-state index in [2.05, 4.69) is 44.1 Å². The molecular formula is C11H15Br2NO. The van der Waals surface area contributed by atoms with Gasteiger partial charge in [-0.05, 0) is 63.5 Å². The molecule has 2 nitrogen and oxygen atoms in total. The fourth-order valence-electron chi connectivity index (χ4n) is 1.17. The summed E-state index contributed by atoms with van der Waals surface area (Å²) in [5, 5.41) is 3.26. The molecule has 4 heteroatoms. The van der Waals surface area contributed by atoms with Crippen LogP contribution in [0.3, 0.4) is 0 Å². The summed E-state index contributed by atoms with van der Waals surface area (Å²) in [6.45, 7) is 4.84. The average molecular weight is 337 g/mol. The third kappa shape index (κ3) is 4.53. The van der Waals surface area contributed by atoms with Gasteiger partial charge in [-0.1, -0.05) is 13.0 Å². The first-order valence-corrected chi connectivity index (χ1v) is 6.61. The summed E-state index contributed by atoms with van der Waals surface area (Å²) in [6, 6.07) is 5.93. The first-order chi connectivity index (χ1) is 7.25. The van der Waals surface area contributed by atoms with Crippen LogP contribution in [0, 0.1) is 0 Å². The van der Waals surface area contributed by atoms with Crippen LogP contribution < -0.4 is 10.1 Å². The van der Waals surface area contributed by atoms with Crippen molar-refractivity contribution in [2.75, 3.05) is 19.7 Å². The van der Waals surface area contributed by atoms with E-state index in [0.29, 0.717) is 0 Å². The van der Waals surface area contributed by atoms with Gasteiger partial charge in [0.2, 0.25) is 0 Å². The Kier molecular flexibility index (Phi) is 6.29. The van der Waals surface area contributed by atoms with E-state index < -0.39 is 0 Å². The number of nitrogens with one attached hydrogen (secondary N) is 1. The van der Waals surface area contributed by atoms with E-state index in [4.69, 9.17) is 4.74 Å². The highest BCUT2D eigenvalue weighted by molar-refractivity contribution is 9.11. The summed E-state index contributed by atoms with van der Waals surface area (Å²) in [7, 11) is 0. The predicted octanol–water partition coefficient (Wildman–Crippen LogP) is 3.59. The Labute approximate surface area is 108 Å². The number of benzene rings is 1. The van der Waals surface area contributed by atoms with Crippen molar-refractivity contribution in [3.63, 3.8) is 0 Å². The molecule has 0 fully saturated rings. The van der Waals surface area contributed by atoms with Crippen LogP contribution in [-0.2, 0) is 0 Å². The zero-order chi connectivity index (χ0) is 11.1. The minimum absolute atomic E-state index is 0.730. The lowest BCUT2D eigenvalue weighted by molar-refractivity contribution is 0.305. The molecule has 0 bridgehead atoms. The smallest absolute Gasteiger partial charge is 0.147 e. The highest BCUT2D eigenvalue weighted by Gasteiger charge is 2.04. The highest BCUT2D eigenvalue weighted by Crippen LogP contribution is 2.32. The van der Waals surface area contributed by atoms with Crippen molar-refractivity contribution in [2.24, 2.45) is 0 Å². The predicted molar refractivity (Wildman–Crippen MR) is 70.5 cm³/mol. The number of para-hydroxylation sites is 1. The number of rotatable bonds is 6. The molecule has 0 aliphatic heterocycles. The Bertz CT molecular complexity index is 284. The molecule has 0 heterocycles. The van der Waals surface area contributed by atoms with Crippen molar-refractivity contribution in [3.05, 3.63) is 27.1 Å². The maximum atomic E-state index is 5.68. The van der Waals surface area contributed by atoms with Gasteiger partial charge in [0.05, 0.1) is 15.6 Å². The van der Waals surface area contributed by atoms with E-state index in [1.54, 1.807) is 0 Å². The molecule has 0 saturated heterocycles. The maximum absolute atomic E-state index is 5.68. The van der Waals surface area contributed by atoms with Gasteiger partial charge in [-0.2, -0.15) is 0 Å². The van der Waals surface area contributed by atoms with Gasteiger partial charge < -0.3 is 10.1 Å². The molecule has 84 valence electrons. The lowest BCUT2D eigenvalue weighted by Gasteiger charge is -2.09. The van der Waals surface area contributed by atoms with Crippen molar-refractivity contribution in [1.82, 2.24) is 5.32 Å². The third-order valence-electron chi connectivity index (χ3n) is 1.91. The number of halogens is 2. The molecule has 0 saturated carbocycles. The Balaban J connectivity index is 2.37. The van der Waals surface area contributed by atoms with Gasteiger partial charge in [0, 0.05) is 0 Å². The largest absolute Gasteiger partial charge is 0.491 e. The van der Waals surface area contributed by atoms with Crippen LogP contribution in [-0.4, -0.2) is 19.7 Å². The van der Waals surface area contributed by atoms with Gasteiger partial charge in [-0.3, -0.25) is 0 Å². The van der Waals surface area contributed by atoms with Crippen molar-refractivity contribution in [1.29, 1.82) is 0 Å². The lowest BCUT2D eigenvalue weighted by atomic mass is 10.3. The summed E-state index contributed by atoms with van der Waals surface area (Å²) in [5.41, 5.74) is 0. The second-order valence-corrected chi connectivity index (χ2v) is 4.82. The molecule has 0 atom stereocenters. The molecule has 0 aliphatic carbocycles. The summed E-state index contributed by atoms with van der Waals surface area (Å²) < 4.78 is 7.65. The molecule has 1 N–H and O–H groups in total. The van der Waals surface area contributed by atoms with Crippen LogP contribution in [0.2, 0.25) is 0 Å². The number of hydrogen-bond acceptors (Lipinski definition) is 2. The fraction of sp³-hybridized carbons (Fsp3) is 0.455. The Morgan fingerprint density at radius 1 is 1.27 bits per heavy atom. The van der Waals surface area contributed by atoms with Crippen LogP contribution in [0.25, 0.3) is 0 Å². The topological polar surface area (TPSA) is 21.3 Å². The van der Waals surface area contributed by atoms with Crippen molar-refractivity contribution < 1.29 is 4.74 Å². The van der Waals surface area contributed by atoms with Crippen molar-refractivity contribution >= 4 is 31.9 Å². The second-order valence-electron chi connectivity index (χ2n) is 3.11. The van der Waals surface area contributed by atoms with Gasteiger partial charge in [0.1, 0.15) is 5.75 Å². The maximum Gasteiger partial charge on any atom is 0.147 e. The summed E-state index contributed by atoms with van der Waals surface area (Å²) in [4.78, 5) is 0. The quantitative estimate of drug-likeness (QED) is 0.801. The monoisotopic (exact) mass is 335 g/mol. The highest BCUT2D eigenvalue weighted by atomic mass is 79.9. The second kappa shape index (κ2) is 7.25. The fourth-order valence-corrected chi connectivity index (χ4v) is 2.40. The first-order valence-electron chi connectivity index (χ1n) is 5.03. The Morgan fingerprint density at radius 2 is 1.93 bits per heavy atom. The van der Waals surface area contributed by atoms with E-state index in [0.717, 1.165) is 40.8 Å². The zero-order valence-corrected chi connectivity index (χ0v) is 11.9. The Hall–Kier alpha value is -0.0600. The van der Waals surface area contributed by atoms with Crippen molar-refractivity contribution in [2.45, 2.75) is 13.3 Å². The molecule has 0 unspecified atom stereocenters. The summed E-state index contributed by atoms with van der Waals surface area (Å²) in [5.74, 6) is 0.883. The third-order valence-corrected chi connectivity index (χ3v) is 3.16. The molecule has 0 aromatic heterocycles. The summed E-state index contributed by atoms with van der Waals surface area (Å²) in [6.07, 6.45) is 1.02. The standard InChI is InChI=1S/C11H15Br2NO/c1-2-14-7-4-8-15-11-9(12)5-3-6-10(11)13/h3,5-6,14H,2,4,7-8H2,1H3. The molecule has 1 aromatic rings. The van der Waals surface area contributed by atoms with Crippen molar-refractivity contribution in [3.8, 4) is 5.75 Å². The molecule has 0 spiro atoms. The lowest BCUT2D eigenvalue weighted by Crippen LogP contribution is -2.16. The molecule has 1 aromatic carbocycles. The van der Waals surface area contributed by atoms with Crippen LogP contribution in [0.15, 0.2) is 27.1 Å². The van der Waals surface area contributed by atoms with Gasteiger partial charge in [-0.15, -0.1) is 0 Å². The SMILES string of the molecule is CCNCCCOc1c(Br)cccc1Br. The molecule has 1 rings (SSSR count). The van der Waals surface area contributed by atoms with Crippen LogP contribution in [0.1, 0.15) is 13.3 Å². The minimum Gasteiger partial charge on any atom is -0.491 e. The average Bonchev–Trinajstić information content (AvgIpc) is 2.21. The van der Waals surface area contributed by atoms with Crippen LogP contribution in [0.4, 0.5) is 0 Å². The number of ether oxygens (including phenoxy) is 1. The molecule has 0 amide bonds. The van der Waals surface area contributed by atoms with Crippen LogP contribution in [0.5, 0.6) is 5.75 Å². The summed E-state index contributed by atoms with van der Waals surface area (Å²) >= 11 is 6.92. The van der Waals surface area contributed by atoms with E-state index >= 15 is 0 Å². The first kappa shape index (κ1) is 13.0. The van der Waals surface area contributed by atoms with Gasteiger partial charge in [0.15, 0.2) is 0 Å². The normalized spacial score (nSPS) is 10.3. The molecule has 0 radical (unpaired) electrons. The van der Waals surface area contributed by atoms with E-state index in [1.807, 2.05) is 18.2 Å². The Morgan fingerprint density at radius 3 is 2.53 bits per heavy atom. The molecule has 0 aliphatic rings. The molecular weight excluding hydrogens is 322 g/mol. The van der Waals surface area contributed by atoms with Crippen LogP contribution >= 0.6 is 31.9 Å². The van der Waals surface area contributed by atoms with E-state index in [-0.39, 0.29) is 0 Å². The van der Waals surface area contributed by atoms with Gasteiger partial charge in [-0.25, -0.2) is 0 Å². The van der Waals surface area contributed by atoms with E-state index in [1.165, 1.54) is 0 Å². The number of hydrogen-bond donors (Lipinski definition) is 1. The van der Waals surface area contributed by atoms with E-state index in [9.17, 15) is 0 Å². The van der Waals surface area contributed by atoms with Gasteiger partial charge >= 0.3 is 0 Å². The van der Waals surface area contributed by atoms with Gasteiger partial charge in [0.25, 0.3) is 0 Å².